The molecule has 3 aromatic carbocycles. The van der Waals surface area contributed by atoms with E-state index in [9.17, 15) is 23.7 Å². The van der Waals surface area contributed by atoms with Crippen molar-refractivity contribution in [3.05, 3.63) is 83.0 Å². The number of nitrogens with zero attached hydrogens (tertiary/aromatic N) is 6. The van der Waals surface area contributed by atoms with Crippen LogP contribution in [0.1, 0.15) is 59.2 Å². The molecule has 0 bridgehead atoms. The van der Waals surface area contributed by atoms with Gasteiger partial charge in [0.05, 0.1) is 42.4 Å². The largest absolute Gasteiger partial charge is 0.494 e. The van der Waals surface area contributed by atoms with Crippen molar-refractivity contribution in [2.75, 3.05) is 88.4 Å². The number of ether oxygens (including phenoxy) is 2. The van der Waals surface area contributed by atoms with E-state index >= 15 is 0 Å². The van der Waals surface area contributed by atoms with Crippen molar-refractivity contribution >= 4 is 76.5 Å². The molecule has 4 aliphatic heterocycles. The summed E-state index contributed by atoms with van der Waals surface area (Å²) in [5.41, 5.74) is 2.89. The van der Waals surface area contributed by atoms with Gasteiger partial charge >= 0.3 is 0 Å². The number of anilines is 5. The van der Waals surface area contributed by atoms with Crippen molar-refractivity contribution in [2.45, 2.75) is 50.6 Å². The van der Waals surface area contributed by atoms with Crippen LogP contribution in [0.3, 0.4) is 0 Å². The van der Waals surface area contributed by atoms with Crippen LogP contribution < -0.4 is 35.6 Å². The summed E-state index contributed by atoms with van der Waals surface area (Å²) in [5.74, 6) is -0.363. The molecular formula is C46H53ClN9O7P. The highest BCUT2D eigenvalue weighted by molar-refractivity contribution is 7.70. The fraction of sp³-hybridized carbons (Fsp3) is 0.435. The van der Waals surface area contributed by atoms with Crippen LogP contribution in [0.4, 0.5) is 28.8 Å². The molecule has 1 unspecified atom stereocenters. The van der Waals surface area contributed by atoms with Crippen LogP contribution in [-0.4, -0.2) is 133 Å². The Bertz CT molecular complexity index is 2530. The number of aromatic nitrogens is 2. The maximum Gasteiger partial charge on any atom is 0.266 e. The van der Waals surface area contributed by atoms with E-state index < -0.39 is 36.8 Å². The molecule has 336 valence electrons. The SMILES string of the molecule is COc1cc(N2CCC(N3CCN(CC4(COc5cccc6c5C(=O)N(C5CCC(=O)NC5=O)C6=O)CC4)CC3)CC2)ccc1Nc1ncc(Cl)c(Nc2ccccc2P(C)(C)=O)n1. The van der Waals surface area contributed by atoms with Gasteiger partial charge in [-0.3, -0.25) is 34.3 Å². The van der Waals surface area contributed by atoms with Crippen LogP contribution in [0.2, 0.25) is 5.02 Å². The monoisotopic (exact) mass is 909 g/mol. The number of hydrogen-bond acceptors (Lipinski definition) is 14. The fourth-order valence-electron chi connectivity index (χ4n) is 9.40. The molecule has 5 heterocycles. The van der Waals surface area contributed by atoms with Crippen molar-refractivity contribution in [1.82, 2.24) is 30.0 Å². The van der Waals surface area contributed by atoms with E-state index in [0.29, 0.717) is 57.6 Å². The first-order valence-corrected chi connectivity index (χ1v) is 24.8. The second-order valence-electron chi connectivity index (χ2n) is 17.8. The zero-order chi connectivity index (χ0) is 44.8. The lowest BCUT2D eigenvalue weighted by atomic mass is 10.0. The average molecular weight is 910 g/mol. The molecule has 0 radical (unpaired) electrons. The molecular weight excluding hydrogens is 857 g/mol. The molecule has 1 aromatic heterocycles. The van der Waals surface area contributed by atoms with Crippen LogP contribution in [0, 0.1) is 5.41 Å². The van der Waals surface area contributed by atoms with E-state index in [-0.39, 0.29) is 29.4 Å². The average Bonchev–Trinajstić information content (AvgIpc) is 4.01. The van der Waals surface area contributed by atoms with Gasteiger partial charge in [-0.25, -0.2) is 4.98 Å². The number of rotatable bonds is 14. The van der Waals surface area contributed by atoms with Crippen LogP contribution in [0.15, 0.2) is 66.9 Å². The Labute approximate surface area is 377 Å². The van der Waals surface area contributed by atoms with E-state index in [1.165, 1.54) is 6.20 Å². The number of piperazine rings is 1. The molecule has 9 rings (SSSR count). The first kappa shape index (κ1) is 43.7. The molecule has 1 atom stereocenters. The zero-order valence-electron chi connectivity index (χ0n) is 36.3. The van der Waals surface area contributed by atoms with Crippen LogP contribution in [0.25, 0.3) is 0 Å². The Balaban J connectivity index is 0.751. The fourth-order valence-corrected chi connectivity index (χ4v) is 10.7. The topological polar surface area (TPSA) is 179 Å². The summed E-state index contributed by atoms with van der Waals surface area (Å²) in [6.07, 6.45) is 5.90. The van der Waals surface area contributed by atoms with E-state index in [4.69, 9.17) is 21.1 Å². The Hall–Kier alpha value is -5.54. The van der Waals surface area contributed by atoms with Gasteiger partial charge in [0.25, 0.3) is 11.8 Å². The summed E-state index contributed by atoms with van der Waals surface area (Å²) >= 11 is 6.49. The molecule has 18 heteroatoms. The van der Waals surface area contributed by atoms with Crippen molar-refractivity contribution in [3.63, 3.8) is 0 Å². The summed E-state index contributed by atoms with van der Waals surface area (Å²) in [5, 5.41) is 9.83. The molecule has 3 N–H and O–H groups in total. The summed E-state index contributed by atoms with van der Waals surface area (Å²) in [6, 6.07) is 18.1. The van der Waals surface area contributed by atoms with Gasteiger partial charge in [-0.1, -0.05) is 29.8 Å². The summed E-state index contributed by atoms with van der Waals surface area (Å²) in [6.45, 7) is 10.6. The number of imide groups is 2. The number of benzene rings is 3. The summed E-state index contributed by atoms with van der Waals surface area (Å²) < 4.78 is 25.1. The summed E-state index contributed by atoms with van der Waals surface area (Å²) in [7, 11) is -0.911. The number of carbonyl (C=O) groups is 4. The maximum atomic E-state index is 13.6. The predicted octanol–water partition coefficient (Wildman–Crippen LogP) is 5.72. The smallest absolute Gasteiger partial charge is 0.266 e. The maximum absolute atomic E-state index is 13.6. The lowest BCUT2D eigenvalue weighted by Crippen LogP contribution is -2.54. The van der Waals surface area contributed by atoms with Gasteiger partial charge in [0.2, 0.25) is 17.8 Å². The number of fused-ring (bicyclic) bond motifs is 1. The lowest BCUT2D eigenvalue weighted by molar-refractivity contribution is -0.136. The van der Waals surface area contributed by atoms with Gasteiger partial charge in [0.15, 0.2) is 5.82 Å². The summed E-state index contributed by atoms with van der Waals surface area (Å²) in [4.78, 5) is 68.7. The van der Waals surface area contributed by atoms with Gasteiger partial charge in [0, 0.05) is 80.7 Å². The van der Waals surface area contributed by atoms with Gasteiger partial charge in [-0.15, -0.1) is 0 Å². The molecule has 5 aliphatic rings. The first-order valence-electron chi connectivity index (χ1n) is 21.9. The molecule has 3 saturated heterocycles. The van der Waals surface area contributed by atoms with Crippen LogP contribution in [0.5, 0.6) is 11.5 Å². The first-order chi connectivity index (χ1) is 30.8. The Morgan fingerprint density at radius 3 is 2.36 bits per heavy atom. The van der Waals surface area contributed by atoms with Crippen LogP contribution in [-0.2, 0) is 14.2 Å². The van der Waals surface area contributed by atoms with E-state index in [2.05, 4.69) is 46.7 Å². The van der Waals surface area contributed by atoms with Crippen molar-refractivity contribution in [2.24, 2.45) is 5.41 Å². The Kier molecular flexibility index (Phi) is 12.1. The van der Waals surface area contributed by atoms with Crippen molar-refractivity contribution in [1.29, 1.82) is 0 Å². The predicted molar refractivity (Wildman–Crippen MR) is 246 cm³/mol. The number of amides is 4. The molecule has 64 heavy (non-hydrogen) atoms. The van der Waals surface area contributed by atoms with E-state index in [1.54, 1.807) is 38.6 Å². The highest BCUT2D eigenvalue weighted by Gasteiger charge is 2.48. The molecule has 4 aromatic rings. The second-order valence-corrected chi connectivity index (χ2v) is 21.4. The number of carbonyl (C=O) groups excluding carboxylic acids is 4. The molecule has 1 aliphatic carbocycles. The minimum Gasteiger partial charge on any atom is -0.494 e. The molecule has 0 spiro atoms. The van der Waals surface area contributed by atoms with Gasteiger partial charge in [0.1, 0.15) is 29.7 Å². The van der Waals surface area contributed by atoms with Crippen molar-refractivity contribution in [3.8, 4) is 11.5 Å². The minimum atomic E-state index is -2.56. The van der Waals surface area contributed by atoms with E-state index in [0.717, 1.165) is 82.1 Å². The minimum absolute atomic E-state index is 0.0104. The third-order valence-electron chi connectivity index (χ3n) is 13.1. The molecule has 16 nitrogen and oxygen atoms in total. The number of piperidine rings is 2. The molecule has 4 amide bonds. The highest BCUT2D eigenvalue weighted by Crippen LogP contribution is 2.47. The standard InChI is InChI=1S/C46H53ClN9O7P/c1-62-37-25-30(11-12-33(37)50-45-48-26-32(47)41(52-45)49-34-8-4-5-10-38(34)64(2,3)61)54-19-15-29(16-20-54)55-23-21-53(22-24-55)27-46(17-18-46)28-63-36-9-6-7-31-40(36)44(60)56(43(31)59)35-13-14-39(57)51-42(35)58/h4-12,25-26,29,35H,13-24,27-28H2,1-3H3,(H,51,57,58)(H2,48,49,50,52). The second kappa shape index (κ2) is 17.8. The number of hydrogen-bond donors (Lipinski definition) is 3. The molecule has 1 saturated carbocycles. The highest BCUT2D eigenvalue weighted by atomic mass is 35.5. The van der Waals surface area contributed by atoms with E-state index in [1.807, 2.05) is 36.4 Å². The Morgan fingerprint density at radius 2 is 1.64 bits per heavy atom. The normalized spacial score (nSPS) is 20.5. The zero-order valence-corrected chi connectivity index (χ0v) is 37.9. The number of methoxy groups -OCH3 is 1. The Morgan fingerprint density at radius 1 is 0.875 bits per heavy atom. The number of para-hydroxylation sites is 1. The third kappa shape index (κ3) is 9.06. The quantitative estimate of drug-likeness (QED) is 0.103. The van der Waals surface area contributed by atoms with Crippen molar-refractivity contribution < 1.29 is 33.2 Å². The third-order valence-corrected chi connectivity index (χ3v) is 15.0. The van der Waals surface area contributed by atoms with Crippen LogP contribution >= 0.6 is 18.7 Å². The van der Waals surface area contributed by atoms with Gasteiger partial charge in [-0.05, 0) is 81.8 Å². The van der Waals surface area contributed by atoms with Gasteiger partial charge < -0.3 is 34.5 Å². The van der Waals surface area contributed by atoms with Gasteiger partial charge in [-0.2, -0.15) is 4.98 Å². The lowest BCUT2D eigenvalue weighted by Gasteiger charge is -2.44. The molecule has 4 fully saturated rings. The number of nitrogens with one attached hydrogen (secondary N) is 3. The number of halogens is 1.